The largest absolute Gasteiger partial charge is 0.454 e. The zero-order chi connectivity index (χ0) is 20.4. The molecular formula is C21H17F2N3O2S. The van der Waals surface area contributed by atoms with Gasteiger partial charge in [0.05, 0.1) is 23.1 Å². The Labute approximate surface area is 169 Å². The summed E-state index contributed by atoms with van der Waals surface area (Å²) in [5.74, 6) is -0.534. The minimum atomic E-state index is -2.79. The van der Waals surface area contributed by atoms with E-state index in [0.29, 0.717) is 16.7 Å². The standard InChI is InChI=1S/C21H17F2N3O2S/c1-13(19-25-16-9-5-6-10-17(16)26(19)21(22)23)28-18(27)11-15-12-29-20(24-15)14-7-3-2-4-8-14/h2-10,12-13,21H,11H2,1H3. The van der Waals surface area contributed by atoms with Crippen LogP contribution < -0.4 is 0 Å². The summed E-state index contributed by atoms with van der Waals surface area (Å²) in [6.45, 7) is -1.25. The number of halogens is 2. The van der Waals surface area contributed by atoms with E-state index in [1.165, 1.54) is 18.3 Å². The normalized spacial score (nSPS) is 12.4. The van der Waals surface area contributed by atoms with Crippen LogP contribution >= 0.6 is 11.3 Å². The minimum Gasteiger partial charge on any atom is -0.454 e. The zero-order valence-electron chi connectivity index (χ0n) is 15.5. The number of ether oxygens (including phenoxy) is 1. The van der Waals surface area contributed by atoms with Crippen LogP contribution in [0.15, 0.2) is 60.0 Å². The Hall–Kier alpha value is -3.13. The second-order valence-electron chi connectivity index (χ2n) is 6.43. The number of para-hydroxylation sites is 2. The van der Waals surface area contributed by atoms with Gasteiger partial charge in [-0.15, -0.1) is 11.3 Å². The van der Waals surface area contributed by atoms with Crippen LogP contribution in [0.3, 0.4) is 0 Å². The average Bonchev–Trinajstić information content (AvgIpc) is 3.33. The van der Waals surface area contributed by atoms with Gasteiger partial charge in [0.2, 0.25) is 0 Å². The predicted molar refractivity (Wildman–Crippen MR) is 107 cm³/mol. The van der Waals surface area contributed by atoms with E-state index in [1.54, 1.807) is 29.6 Å². The Morgan fingerprint density at radius 2 is 1.83 bits per heavy atom. The number of nitrogens with zero attached hydrogens (tertiary/aromatic N) is 3. The maximum absolute atomic E-state index is 13.6. The van der Waals surface area contributed by atoms with Gasteiger partial charge in [0.1, 0.15) is 5.01 Å². The molecule has 0 amide bonds. The number of carbonyl (C=O) groups excluding carboxylic acids is 1. The van der Waals surface area contributed by atoms with Crippen molar-refractivity contribution in [2.24, 2.45) is 0 Å². The van der Waals surface area contributed by atoms with Crippen molar-refractivity contribution in [2.45, 2.75) is 26.0 Å². The Balaban J connectivity index is 1.49. The molecule has 0 saturated carbocycles. The van der Waals surface area contributed by atoms with Gasteiger partial charge in [0.25, 0.3) is 0 Å². The lowest BCUT2D eigenvalue weighted by Crippen LogP contribution is -2.16. The number of alkyl halides is 2. The van der Waals surface area contributed by atoms with E-state index in [2.05, 4.69) is 9.97 Å². The molecule has 0 spiro atoms. The highest BCUT2D eigenvalue weighted by molar-refractivity contribution is 7.13. The minimum absolute atomic E-state index is 0.0119. The van der Waals surface area contributed by atoms with E-state index < -0.39 is 18.6 Å². The number of aromatic nitrogens is 3. The average molecular weight is 413 g/mol. The van der Waals surface area contributed by atoms with Crippen molar-refractivity contribution in [1.82, 2.24) is 14.5 Å². The van der Waals surface area contributed by atoms with Crippen molar-refractivity contribution >= 4 is 28.3 Å². The monoisotopic (exact) mass is 413 g/mol. The van der Waals surface area contributed by atoms with Gasteiger partial charge < -0.3 is 4.74 Å². The highest BCUT2D eigenvalue weighted by atomic mass is 32.1. The summed E-state index contributed by atoms with van der Waals surface area (Å²) < 4.78 is 33.3. The third kappa shape index (κ3) is 4.02. The van der Waals surface area contributed by atoms with Crippen molar-refractivity contribution in [2.75, 3.05) is 0 Å². The summed E-state index contributed by atoms with van der Waals surface area (Å²) >= 11 is 1.43. The molecule has 0 aliphatic heterocycles. The van der Waals surface area contributed by atoms with Crippen LogP contribution in [0.2, 0.25) is 0 Å². The fourth-order valence-electron chi connectivity index (χ4n) is 3.10. The van der Waals surface area contributed by atoms with Crippen molar-refractivity contribution in [3.8, 4) is 10.6 Å². The van der Waals surface area contributed by atoms with Crippen LogP contribution in [-0.4, -0.2) is 20.5 Å². The number of hydrogen-bond donors (Lipinski definition) is 0. The molecule has 2 aromatic carbocycles. The van der Waals surface area contributed by atoms with Crippen LogP contribution in [-0.2, 0) is 16.0 Å². The Kier molecular flexibility index (Phi) is 5.35. The first kappa shape index (κ1) is 19.2. The second-order valence-corrected chi connectivity index (χ2v) is 7.28. The first-order chi connectivity index (χ1) is 14.0. The number of rotatable bonds is 6. The molecule has 0 aliphatic carbocycles. The number of thiazole rings is 1. The second kappa shape index (κ2) is 8.08. The highest BCUT2D eigenvalue weighted by Gasteiger charge is 2.24. The molecule has 4 aromatic rings. The Morgan fingerprint density at radius 3 is 2.59 bits per heavy atom. The molecule has 0 bridgehead atoms. The molecule has 0 N–H and O–H groups in total. The lowest BCUT2D eigenvalue weighted by atomic mass is 10.2. The van der Waals surface area contributed by atoms with Gasteiger partial charge in [0, 0.05) is 10.9 Å². The summed E-state index contributed by atoms with van der Waals surface area (Å²) in [7, 11) is 0. The number of carbonyl (C=O) groups is 1. The summed E-state index contributed by atoms with van der Waals surface area (Å²) in [5, 5.41) is 2.60. The lowest BCUT2D eigenvalue weighted by molar-refractivity contribution is -0.148. The smallest absolute Gasteiger partial charge is 0.320 e. The van der Waals surface area contributed by atoms with Crippen LogP contribution in [0.25, 0.3) is 21.6 Å². The van der Waals surface area contributed by atoms with Gasteiger partial charge in [-0.2, -0.15) is 8.78 Å². The maximum atomic E-state index is 13.6. The molecule has 4 rings (SSSR count). The quantitative estimate of drug-likeness (QED) is 0.397. The molecule has 0 radical (unpaired) electrons. The summed E-state index contributed by atoms with van der Waals surface area (Å²) in [4.78, 5) is 21.0. The number of hydrogen-bond acceptors (Lipinski definition) is 5. The van der Waals surface area contributed by atoms with E-state index >= 15 is 0 Å². The first-order valence-corrected chi connectivity index (χ1v) is 9.85. The van der Waals surface area contributed by atoms with Crippen molar-refractivity contribution in [3.63, 3.8) is 0 Å². The molecule has 29 heavy (non-hydrogen) atoms. The van der Waals surface area contributed by atoms with Crippen molar-refractivity contribution < 1.29 is 18.3 Å². The van der Waals surface area contributed by atoms with Gasteiger partial charge in [-0.25, -0.2) is 9.97 Å². The summed E-state index contributed by atoms with van der Waals surface area (Å²) in [5.41, 5.74) is 2.27. The topological polar surface area (TPSA) is 57.0 Å². The molecular weight excluding hydrogens is 396 g/mol. The third-order valence-corrected chi connectivity index (χ3v) is 5.33. The molecule has 0 saturated heterocycles. The lowest BCUT2D eigenvalue weighted by Gasteiger charge is -2.14. The molecule has 0 aliphatic rings. The van der Waals surface area contributed by atoms with Crippen molar-refractivity contribution in [1.29, 1.82) is 0 Å². The first-order valence-electron chi connectivity index (χ1n) is 8.97. The van der Waals surface area contributed by atoms with E-state index in [1.807, 2.05) is 30.3 Å². The van der Waals surface area contributed by atoms with Crippen LogP contribution in [0, 0.1) is 0 Å². The number of imidazole rings is 1. The van der Waals surface area contributed by atoms with Gasteiger partial charge in [-0.1, -0.05) is 42.5 Å². The van der Waals surface area contributed by atoms with E-state index in [-0.39, 0.29) is 12.2 Å². The zero-order valence-corrected chi connectivity index (χ0v) is 16.3. The van der Waals surface area contributed by atoms with Crippen LogP contribution in [0.1, 0.15) is 31.1 Å². The van der Waals surface area contributed by atoms with Gasteiger partial charge in [-0.05, 0) is 19.1 Å². The summed E-state index contributed by atoms with van der Waals surface area (Å²) in [6.07, 6.45) is -0.959. The molecule has 2 aromatic heterocycles. The van der Waals surface area contributed by atoms with E-state index in [9.17, 15) is 13.6 Å². The highest BCUT2D eigenvalue weighted by Crippen LogP contribution is 2.29. The Morgan fingerprint density at radius 1 is 1.10 bits per heavy atom. The van der Waals surface area contributed by atoms with Gasteiger partial charge in [0.15, 0.2) is 11.9 Å². The molecule has 1 unspecified atom stereocenters. The molecule has 5 nitrogen and oxygen atoms in total. The number of fused-ring (bicyclic) bond motifs is 1. The Bertz CT molecular complexity index is 1140. The van der Waals surface area contributed by atoms with Crippen LogP contribution in [0.4, 0.5) is 8.78 Å². The SMILES string of the molecule is CC(OC(=O)Cc1csc(-c2ccccc2)n1)c1nc2ccccc2n1C(F)F. The number of benzene rings is 2. The fraction of sp³-hybridized carbons (Fsp3) is 0.190. The van der Waals surface area contributed by atoms with E-state index in [0.717, 1.165) is 15.1 Å². The van der Waals surface area contributed by atoms with Crippen molar-refractivity contribution in [3.05, 3.63) is 71.5 Å². The molecule has 8 heteroatoms. The van der Waals surface area contributed by atoms with Gasteiger partial charge in [-0.3, -0.25) is 9.36 Å². The van der Waals surface area contributed by atoms with Gasteiger partial charge >= 0.3 is 12.5 Å². The molecule has 0 fully saturated rings. The van der Waals surface area contributed by atoms with E-state index in [4.69, 9.17) is 4.74 Å². The molecule has 2 heterocycles. The summed E-state index contributed by atoms with van der Waals surface area (Å²) in [6, 6.07) is 16.2. The third-order valence-electron chi connectivity index (χ3n) is 4.39. The molecule has 148 valence electrons. The molecule has 1 atom stereocenters. The maximum Gasteiger partial charge on any atom is 0.320 e. The number of esters is 1. The fourth-order valence-corrected chi connectivity index (χ4v) is 3.92. The predicted octanol–water partition coefficient (Wildman–Crippen LogP) is 5.40. The van der Waals surface area contributed by atoms with Crippen LogP contribution in [0.5, 0.6) is 0 Å².